The molecule has 4 nitrogen and oxygen atoms in total. The van der Waals surface area contributed by atoms with Gasteiger partial charge in [0.2, 0.25) is 0 Å². The molecule has 0 amide bonds. The number of hydrogen-bond acceptors (Lipinski definition) is 3. The van der Waals surface area contributed by atoms with Crippen molar-refractivity contribution in [3.8, 4) is 12.1 Å². The van der Waals surface area contributed by atoms with Gasteiger partial charge in [0.15, 0.2) is 0 Å². The zero-order valence-electron chi connectivity index (χ0n) is 15.5. The summed E-state index contributed by atoms with van der Waals surface area (Å²) in [5.74, 6) is 0. The van der Waals surface area contributed by atoms with E-state index in [1.165, 1.54) is 0 Å². The number of H-pyrrole nitrogens is 1. The van der Waals surface area contributed by atoms with E-state index in [9.17, 15) is 10.1 Å². The predicted octanol–water partition coefficient (Wildman–Crippen LogP) is 4.38. The monoisotopic (exact) mass is 355 g/mol. The molecule has 0 saturated heterocycles. The fourth-order valence-electron chi connectivity index (χ4n) is 3.52. The summed E-state index contributed by atoms with van der Waals surface area (Å²) < 4.78 is 0. The second-order valence-electron chi connectivity index (χ2n) is 6.82. The van der Waals surface area contributed by atoms with Crippen LogP contribution < -0.4 is 5.56 Å². The Bertz CT molecular complexity index is 1130. The van der Waals surface area contributed by atoms with Crippen LogP contribution in [0.15, 0.2) is 53.3 Å². The van der Waals surface area contributed by atoms with Gasteiger partial charge in [0.1, 0.15) is 0 Å². The van der Waals surface area contributed by atoms with Crippen LogP contribution in [0.3, 0.4) is 0 Å². The third kappa shape index (κ3) is 3.48. The number of aryl methyl sites for hydroxylation is 1. The molecule has 0 aliphatic heterocycles. The topological polar surface area (TPSA) is 80.4 Å². The van der Waals surface area contributed by atoms with Crippen LogP contribution in [0.4, 0.5) is 0 Å². The summed E-state index contributed by atoms with van der Waals surface area (Å²) in [6.07, 6.45) is 1.82. The largest absolute Gasteiger partial charge is 0.322 e. The maximum atomic E-state index is 12.2. The maximum Gasteiger partial charge on any atom is 0.251 e. The van der Waals surface area contributed by atoms with E-state index in [4.69, 9.17) is 5.26 Å². The number of pyridine rings is 1. The molecule has 3 rings (SSSR count). The molecule has 1 atom stereocenters. The Balaban J connectivity index is 2.09. The van der Waals surface area contributed by atoms with Crippen LogP contribution in [0.2, 0.25) is 0 Å². The van der Waals surface area contributed by atoms with Crippen LogP contribution in [-0.4, -0.2) is 4.98 Å². The van der Waals surface area contributed by atoms with Gasteiger partial charge in [0.05, 0.1) is 23.1 Å². The van der Waals surface area contributed by atoms with Gasteiger partial charge in [0.25, 0.3) is 5.56 Å². The maximum absolute atomic E-state index is 12.2. The van der Waals surface area contributed by atoms with E-state index in [2.05, 4.69) is 17.1 Å². The van der Waals surface area contributed by atoms with Crippen LogP contribution in [0.25, 0.3) is 10.9 Å². The molecule has 4 heteroatoms. The molecular formula is C23H21N3O. The molecule has 0 aliphatic carbocycles. The number of hydrogen-bond donors (Lipinski definition) is 1. The Morgan fingerprint density at radius 2 is 1.89 bits per heavy atom. The van der Waals surface area contributed by atoms with Crippen LogP contribution in [0.5, 0.6) is 0 Å². The van der Waals surface area contributed by atoms with Crippen LogP contribution in [0, 0.1) is 22.7 Å². The second-order valence-corrected chi connectivity index (χ2v) is 6.82. The number of rotatable bonds is 5. The van der Waals surface area contributed by atoms with Crippen molar-refractivity contribution < 1.29 is 0 Å². The number of nitrogens with one attached hydrogen (secondary N) is 1. The minimum atomic E-state index is -0.720. The summed E-state index contributed by atoms with van der Waals surface area (Å²) in [7, 11) is 0. The summed E-state index contributed by atoms with van der Waals surface area (Å²) in [4.78, 5) is 15.1. The normalized spacial score (nSPS) is 12.9. The number of nitriles is 2. The molecule has 3 aromatic rings. The van der Waals surface area contributed by atoms with Gasteiger partial charge in [-0.25, -0.2) is 0 Å². The number of aromatic nitrogens is 1. The van der Waals surface area contributed by atoms with Gasteiger partial charge in [-0.2, -0.15) is 10.5 Å². The van der Waals surface area contributed by atoms with Gasteiger partial charge in [-0.3, -0.25) is 4.79 Å². The standard InChI is InChI=1S/C23H21N3O/c1-3-18-11-19-8-9-20(12-21(19)26-22(18)27)23(4-2,15-25)13-16-6-5-7-17(10-16)14-24/h5-12H,3-4,13H2,1-2H3,(H,26,27). The first-order chi connectivity index (χ1) is 13.0. The zero-order valence-corrected chi connectivity index (χ0v) is 15.5. The molecule has 1 heterocycles. The molecule has 0 bridgehead atoms. The van der Waals surface area contributed by atoms with Gasteiger partial charge in [-0.15, -0.1) is 0 Å². The first-order valence-electron chi connectivity index (χ1n) is 9.12. The average Bonchev–Trinajstić information content (AvgIpc) is 2.71. The highest BCUT2D eigenvalue weighted by molar-refractivity contribution is 5.80. The van der Waals surface area contributed by atoms with Gasteiger partial charge in [-0.1, -0.05) is 38.1 Å². The highest BCUT2D eigenvalue weighted by Gasteiger charge is 2.31. The van der Waals surface area contributed by atoms with Crippen LogP contribution in [-0.2, 0) is 18.3 Å². The molecule has 134 valence electrons. The van der Waals surface area contributed by atoms with Gasteiger partial charge >= 0.3 is 0 Å². The molecule has 0 radical (unpaired) electrons. The molecule has 0 aliphatic rings. The Kier molecular flexibility index (Phi) is 5.10. The lowest BCUT2D eigenvalue weighted by atomic mass is 9.74. The molecular weight excluding hydrogens is 334 g/mol. The van der Waals surface area contributed by atoms with Crippen molar-refractivity contribution in [2.24, 2.45) is 0 Å². The average molecular weight is 355 g/mol. The molecule has 0 saturated carbocycles. The Morgan fingerprint density at radius 3 is 2.56 bits per heavy atom. The number of nitrogens with zero attached hydrogens (tertiary/aromatic N) is 2. The van der Waals surface area contributed by atoms with Gasteiger partial charge in [0, 0.05) is 11.1 Å². The van der Waals surface area contributed by atoms with Crippen molar-refractivity contribution >= 4 is 10.9 Å². The fourth-order valence-corrected chi connectivity index (χ4v) is 3.52. The van der Waals surface area contributed by atoms with Crippen LogP contribution in [0.1, 0.15) is 42.5 Å². The summed E-state index contributed by atoms with van der Waals surface area (Å²) in [6.45, 7) is 3.95. The van der Waals surface area contributed by atoms with Crippen molar-refractivity contribution in [1.82, 2.24) is 4.98 Å². The van der Waals surface area contributed by atoms with Crippen molar-refractivity contribution in [2.75, 3.05) is 0 Å². The quantitative estimate of drug-likeness (QED) is 0.737. The van der Waals surface area contributed by atoms with Crippen molar-refractivity contribution in [2.45, 2.75) is 38.5 Å². The van der Waals surface area contributed by atoms with Gasteiger partial charge in [-0.05, 0) is 60.0 Å². The summed E-state index contributed by atoms with van der Waals surface area (Å²) >= 11 is 0. The van der Waals surface area contributed by atoms with Crippen molar-refractivity contribution in [3.63, 3.8) is 0 Å². The lowest BCUT2D eigenvalue weighted by Gasteiger charge is -2.26. The summed E-state index contributed by atoms with van der Waals surface area (Å²) in [5, 5.41) is 20.1. The third-order valence-electron chi connectivity index (χ3n) is 5.24. The molecule has 1 N–H and O–H groups in total. The first kappa shape index (κ1) is 18.4. The van der Waals surface area contributed by atoms with E-state index in [0.29, 0.717) is 24.8 Å². The van der Waals surface area contributed by atoms with Crippen molar-refractivity contribution in [3.05, 3.63) is 81.1 Å². The Hall–Kier alpha value is -3.37. The predicted molar refractivity (Wildman–Crippen MR) is 106 cm³/mol. The lowest BCUT2D eigenvalue weighted by molar-refractivity contribution is 0.526. The number of benzene rings is 2. The van der Waals surface area contributed by atoms with E-state index in [1.807, 2.05) is 56.3 Å². The Morgan fingerprint density at radius 1 is 1.07 bits per heavy atom. The zero-order chi connectivity index (χ0) is 19.4. The number of aromatic amines is 1. The van der Waals surface area contributed by atoms with E-state index >= 15 is 0 Å². The highest BCUT2D eigenvalue weighted by Crippen LogP contribution is 2.33. The summed E-state index contributed by atoms with van der Waals surface area (Å²) in [6, 6.07) is 19.8. The smallest absolute Gasteiger partial charge is 0.251 e. The SMILES string of the molecule is CCc1cc2ccc(C(C#N)(CC)Cc3cccc(C#N)c3)cc2[nH]c1=O. The van der Waals surface area contributed by atoms with Gasteiger partial charge < -0.3 is 4.98 Å². The minimum absolute atomic E-state index is 0.0806. The number of fused-ring (bicyclic) bond motifs is 1. The van der Waals surface area contributed by atoms with E-state index in [0.717, 1.165) is 27.6 Å². The lowest BCUT2D eigenvalue weighted by Crippen LogP contribution is -2.26. The van der Waals surface area contributed by atoms with E-state index < -0.39 is 5.41 Å². The van der Waals surface area contributed by atoms with E-state index in [1.54, 1.807) is 6.07 Å². The Labute approximate surface area is 158 Å². The molecule has 1 aromatic heterocycles. The minimum Gasteiger partial charge on any atom is -0.322 e. The first-order valence-corrected chi connectivity index (χ1v) is 9.12. The van der Waals surface area contributed by atoms with Crippen LogP contribution >= 0.6 is 0 Å². The molecule has 0 spiro atoms. The third-order valence-corrected chi connectivity index (χ3v) is 5.24. The molecule has 2 aromatic carbocycles. The molecule has 27 heavy (non-hydrogen) atoms. The molecule has 1 unspecified atom stereocenters. The van der Waals surface area contributed by atoms with E-state index in [-0.39, 0.29) is 5.56 Å². The highest BCUT2D eigenvalue weighted by atomic mass is 16.1. The molecule has 0 fully saturated rings. The summed E-state index contributed by atoms with van der Waals surface area (Å²) in [5.41, 5.74) is 3.12. The fraction of sp³-hybridized carbons (Fsp3) is 0.261. The van der Waals surface area contributed by atoms with Crippen molar-refractivity contribution in [1.29, 1.82) is 10.5 Å². The second kappa shape index (κ2) is 7.48.